The summed E-state index contributed by atoms with van der Waals surface area (Å²) in [4.78, 5) is 34.2. The van der Waals surface area contributed by atoms with Crippen molar-refractivity contribution in [3.05, 3.63) is 76.5 Å². The summed E-state index contributed by atoms with van der Waals surface area (Å²) < 4.78 is 20.2. The van der Waals surface area contributed by atoms with Crippen LogP contribution in [0.15, 0.2) is 48.8 Å². The molecular formula is C34H39ClFN7O2. The highest BCUT2D eigenvalue weighted by molar-refractivity contribution is 6.36. The fourth-order valence-corrected chi connectivity index (χ4v) is 7.15. The Bertz CT molecular complexity index is 1660. The van der Waals surface area contributed by atoms with E-state index >= 15 is 0 Å². The number of anilines is 2. The summed E-state index contributed by atoms with van der Waals surface area (Å²) in [5.74, 6) is -1.01. The van der Waals surface area contributed by atoms with E-state index in [2.05, 4.69) is 71.4 Å². The number of fused-ring (bicyclic) bond motifs is 2. The molecule has 3 heterocycles. The molecule has 1 aromatic heterocycles. The Kier molecular flexibility index (Phi) is 8.59. The zero-order chi connectivity index (χ0) is 31.9. The van der Waals surface area contributed by atoms with Gasteiger partial charge in [0.2, 0.25) is 6.54 Å². The van der Waals surface area contributed by atoms with Gasteiger partial charge in [0.05, 0.1) is 23.9 Å². The number of aromatic nitrogens is 2. The fraction of sp³-hybridized carbons (Fsp3) is 0.471. The topological polar surface area (TPSA) is 69.4 Å². The lowest BCUT2D eigenvalue weighted by molar-refractivity contribution is -0.131. The second-order valence-electron chi connectivity index (χ2n) is 12.9. The third-order valence-corrected chi connectivity index (χ3v) is 9.55. The van der Waals surface area contributed by atoms with Gasteiger partial charge in [-0.2, -0.15) is 9.97 Å². The number of rotatable bonds is 9. The molecule has 2 aromatic carbocycles. The van der Waals surface area contributed by atoms with Crippen LogP contribution in [0.1, 0.15) is 31.0 Å². The predicted octanol–water partition coefficient (Wildman–Crippen LogP) is 5.37. The molecule has 2 atom stereocenters. The normalized spacial score (nSPS) is 20.6. The summed E-state index contributed by atoms with van der Waals surface area (Å²) >= 11 is 6.74. The number of piperazine rings is 1. The van der Waals surface area contributed by atoms with Crippen LogP contribution in [0.25, 0.3) is 15.6 Å². The minimum Gasteiger partial charge on any atom is -0.463 e. The Labute approximate surface area is 269 Å². The molecule has 3 aromatic rings. The number of ether oxygens (including phenoxy) is 1. The van der Waals surface area contributed by atoms with Gasteiger partial charge in [0.1, 0.15) is 11.9 Å². The summed E-state index contributed by atoms with van der Waals surface area (Å²) in [6.45, 7) is 16.0. The number of carbonyl (C=O) groups is 1. The van der Waals surface area contributed by atoms with Crippen LogP contribution in [0.2, 0.25) is 5.02 Å². The Morgan fingerprint density at radius 1 is 1.22 bits per heavy atom. The van der Waals surface area contributed by atoms with Gasteiger partial charge in [0.25, 0.3) is 5.91 Å². The molecule has 0 radical (unpaired) electrons. The number of amides is 1. The number of hydrogen-bond acceptors (Lipinski definition) is 7. The van der Waals surface area contributed by atoms with E-state index in [1.165, 1.54) is 4.90 Å². The number of nitrogens with zero attached hydrogens (tertiary/aromatic N) is 7. The first-order valence-electron chi connectivity index (χ1n) is 15.4. The molecule has 0 bridgehead atoms. The van der Waals surface area contributed by atoms with Crippen LogP contribution in [0, 0.1) is 12.0 Å². The highest BCUT2D eigenvalue weighted by Crippen LogP contribution is 2.46. The average Bonchev–Trinajstić information content (AvgIpc) is 3.77. The third kappa shape index (κ3) is 6.29. The van der Waals surface area contributed by atoms with Crippen molar-refractivity contribution < 1.29 is 13.9 Å². The zero-order valence-corrected chi connectivity index (χ0v) is 26.9. The minimum absolute atomic E-state index is 0.0607. The molecule has 1 saturated heterocycles. The molecule has 11 heteroatoms. The molecule has 1 amide bonds. The van der Waals surface area contributed by atoms with E-state index in [1.807, 2.05) is 12.1 Å². The molecule has 1 aliphatic carbocycles. The SMILES string of the molecule is [C-]#[N+]C[C@H]1CN(c2nc(OCC3(CN(C)C)CC3)nc3c2C[C@H](C)N(c2cccc4cccc(Cl)c24)C3)CCN1C(=O)C(=C)F. The smallest absolute Gasteiger partial charge is 0.318 e. The second-order valence-corrected chi connectivity index (χ2v) is 13.3. The van der Waals surface area contributed by atoms with Gasteiger partial charge in [-0.15, -0.1) is 0 Å². The van der Waals surface area contributed by atoms with Crippen molar-refractivity contribution in [3.63, 3.8) is 0 Å². The van der Waals surface area contributed by atoms with Gasteiger partial charge in [-0.25, -0.2) is 11.0 Å². The van der Waals surface area contributed by atoms with Gasteiger partial charge >= 0.3 is 6.01 Å². The van der Waals surface area contributed by atoms with Gasteiger partial charge < -0.3 is 29.2 Å². The third-order valence-electron chi connectivity index (χ3n) is 9.24. The lowest BCUT2D eigenvalue weighted by Gasteiger charge is -2.42. The largest absolute Gasteiger partial charge is 0.463 e. The molecule has 45 heavy (non-hydrogen) atoms. The molecule has 236 valence electrons. The van der Waals surface area contributed by atoms with E-state index in [0.29, 0.717) is 43.7 Å². The molecule has 0 unspecified atom stereocenters. The minimum atomic E-state index is -1.01. The molecule has 2 fully saturated rings. The molecule has 1 saturated carbocycles. The average molecular weight is 632 g/mol. The van der Waals surface area contributed by atoms with Crippen molar-refractivity contribution in [2.24, 2.45) is 5.41 Å². The first-order chi connectivity index (χ1) is 21.6. The molecular weight excluding hydrogens is 593 g/mol. The maximum absolute atomic E-state index is 13.9. The van der Waals surface area contributed by atoms with E-state index in [9.17, 15) is 9.18 Å². The summed E-state index contributed by atoms with van der Waals surface area (Å²) in [5, 5.41) is 2.80. The van der Waals surface area contributed by atoms with Gasteiger partial charge in [-0.05, 0) is 57.8 Å². The fourth-order valence-electron chi connectivity index (χ4n) is 6.87. The van der Waals surface area contributed by atoms with Crippen LogP contribution in [-0.2, 0) is 17.8 Å². The number of benzene rings is 2. The van der Waals surface area contributed by atoms with Crippen LogP contribution < -0.4 is 14.5 Å². The van der Waals surface area contributed by atoms with E-state index in [0.717, 1.165) is 52.9 Å². The van der Waals surface area contributed by atoms with Gasteiger partial charge in [0.15, 0.2) is 5.83 Å². The van der Waals surface area contributed by atoms with Crippen molar-refractivity contribution in [2.75, 3.05) is 63.2 Å². The Morgan fingerprint density at radius 3 is 2.67 bits per heavy atom. The van der Waals surface area contributed by atoms with Crippen LogP contribution >= 0.6 is 11.6 Å². The zero-order valence-electron chi connectivity index (χ0n) is 26.1. The standard InChI is InChI=1S/C34H39ClFN7O2/c1-22-16-26-28(19-43(22)29-11-7-9-24-8-6-10-27(35)30(24)29)38-33(45-21-34(12-13-34)20-40(4)5)39-31(26)41-14-15-42(32(44)23(2)36)25(18-41)17-37-3/h6-11,22,25H,2,12-21H2,1,4-5H3/t22-,25-/m0/s1. The number of halogens is 2. The summed E-state index contributed by atoms with van der Waals surface area (Å²) in [6.07, 6.45) is 2.89. The van der Waals surface area contributed by atoms with E-state index in [1.54, 1.807) is 0 Å². The van der Waals surface area contributed by atoms with Gasteiger partial charge in [0, 0.05) is 54.3 Å². The van der Waals surface area contributed by atoms with Crippen LogP contribution in [0.5, 0.6) is 6.01 Å². The van der Waals surface area contributed by atoms with Crippen LogP contribution in [-0.4, -0.2) is 91.2 Å². The Balaban J connectivity index is 1.37. The van der Waals surface area contributed by atoms with Crippen molar-refractivity contribution >= 4 is 39.8 Å². The second kappa shape index (κ2) is 12.5. The quantitative estimate of drug-likeness (QED) is 0.232. The Morgan fingerprint density at radius 2 is 1.98 bits per heavy atom. The molecule has 2 aliphatic heterocycles. The summed E-state index contributed by atoms with van der Waals surface area (Å²) in [7, 11) is 4.15. The van der Waals surface area contributed by atoms with Crippen LogP contribution in [0.3, 0.4) is 0 Å². The highest BCUT2D eigenvalue weighted by Gasteiger charge is 2.44. The van der Waals surface area contributed by atoms with E-state index < -0.39 is 17.8 Å². The molecule has 9 nitrogen and oxygen atoms in total. The Hall–Kier alpha value is -3.94. The predicted molar refractivity (Wildman–Crippen MR) is 175 cm³/mol. The first kappa shape index (κ1) is 31.1. The monoisotopic (exact) mass is 631 g/mol. The van der Waals surface area contributed by atoms with Crippen molar-refractivity contribution in [3.8, 4) is 6.01 Å². The lowest BCUT2D eigenvalue weighted by Crippen LogP contribution is -2.57. The first-order valence-corrected chi connectivity index (χ1v) is 15.8. The van der Waals surface area contributed by atoms with E-state index in [-0.39, 0.29) is 24.5 Å². The highest BCUT2D eigenvalue weighted by atomic mass is 35.5. The molecule has 0 N–H and O–H groups in total. The van der Waals surface area contributed by atoms with E-state index in [4.69, 9.17) is 32.9 Å². The summed E-state index contributed by atoms with van der Waals surface area (Å²) in [6, 6.07) is 12.1. The van der Waals surface area contributed by atoms with Gasteiger partial charge in [-0.1, -0.05) is 42.4 Å². The molecule has 3 aliphatic rings. The van der Waals surface area contributed by atoms with Crippen LogP contribution in [0.4, 0.5) is 15.9 Å². The summed E-state index contributed by atoms with van der Waals surface area (Å²) in [5.41, 5.74) is 3.07. The molecule has 6 rings (SSSR count). The van der Waals surface area contributed by atoms with Crippen molar-refractivity contribution in [1.29, 1.82) is 0 Å². The maximum Gasteiger partial charge on any atom is 0.318 e. The van der Waals surface area contributed by atoms with Crippen molar-refractivity contribution in [2.45, 2.75) is 44.8 Å². The molecule has 0 spiro atoms. The lowest BCUT2D eigenvalue weighted by atomic mass is 9.96. The number of carbonyl (C=O) groups excluding carboxylic acids is 1. The maximum atomic E-state index is 13.9. The number of hydrogen-bond donors (Lipinski definition) is 0. The van der Waals surface area contributed by atoms with Gasteiger partial charge in [-0.3, -0.25) is 4.79 Å². The van der Waals surface area contributed by atoms with Crippen molar-refractivity contribution in [1.82, 2.24) is 19.8 Å².